The van der Waals surface area contributed by atoms with Crippen LogP contribution in [-0.4, -0.2) is 23.0 Å². The van der Waals surface area contributed by atoms with Gasteiger partial charge in [-0.25, -0.2) is 0 Å². The topological polar surface area (TPSA) is 40.5 Å². The number of amides is 1. The van der Waals surface area contributed by atoms with Gasteiger partial charge in [0.2, 0.25) is 5.91 Å². The van der Waals surface area contributed by atoms with Crippen molar-refractivity contribution >= 4 is 5.91 Å². The molecule has 0 aromatic heterocycles. The summed E-state index contributed by atoms with van der Waals surface area (Å²) in [7, 11) is 1.81. The van der Waals surface area contributed by atoms with Gasteiger partial charge in [0.1, 0.15) is 5.75 Å². The van der Waals surface area contributed by atoms with E-state index in [0.29, 0.717) is 13.0 Å². The van der Waals surface area contributed by atoms with Gasteiger partial charge in [0.15, 0.2) is 0 Å². The van der Waals surface area contributed by atoms with E-state index in [-0.39, 0.29) is 11.7 Å². The highest BCUT2D eigenvalue weighted by Gasteiger charge is 2.09. The molecule has 0 atom stereocenters. The molecule has 0 aliphatic rings. The molecule has 0 saturated heterocycles. The van der Waals surface area contributed by atoms with E-state index >= 15 is 0 Å². The number of carbonyl (C=O) groups is 1. The van der Waals surface area contributed by atoms with Crippen LogP contribution in [0.5, 0.6) is 5.75 Å². The van der Waals surface area contributed by atoms with Crippen molar-refractivity contribution in [3.05, 3.63) is 65.2 Å². The van der Waals surface area contributed by atoms with Gasteiger partial charge >= 0.3 is 0 Å². The summed E-state index contributed by atoms with van der Waals surface area (Å²) in [6, 6.07) is 15.2. The van der Waals surface area contributed by atoms with Crippen LogP contribution in [0.25, 0.3) is 0 Å². The van der Waals surface area contributed by atoms with Gasteiger partial charge in [-0.1, -0.05) is 42.0 Å². The molecule has 0 bridgehead atoms. The molecule has 2 rings (SSSR count). The van der Waals surface area contributed by atoms with Crippen molar-refractivity contribution in [3.8, 4) is 5.75 Å². The Balaban J connectivity index is 1.86. The fraction of sp³-hybridized carbons (Fsp3) is 0.278. The van der Waals surface area contributed by atoms with Crippen LogP contribution in [-0.2, 0) is 17.8 Å². The van der Waals surface area contributed by atoms with Crippen molar-refractivity contribution < 1.29 is 9.90 Å². The summed E-state index contributed by atoms with van der Waals surface area (Å²) >= 11 is 0. The van der Waals surface area contributed by atoms with E-state index in [0.717, 1.165) is 12.0 Å². The van der Waals surface area contributed by atoms with Crippen molar-refractivity contribution in [3.63, 3.8) is 0 Å². The second-order valence-corrected chi connectivity index (χ2v) is 5.41. The first-order valence-electron chi connectivity index (χ1n) is 7.12. The molecule has 21 heavy (non-hydrogen) atoms. The zero-order valence-electron chi connectivity index (χ0n) is 12.5. The van der Waals surface area contributed by atoms with Crippen molar-refractivity contribution in [2.75, 3.05) is 7.05 Å². The Hall–Kier alpha value is -2.29. The van der Waals surface area contributed by atoms with Gasteiger partial charge in [-0.15, -0.1) is 0 Å². The first-order chi connectivity index (χ1) is 10.0. The van der Waals surface area contributed by atoms with Gasteiger partial charge in [0, 0.05) is 20.0 Å². The molecule has 0 heterocycles. The molecule has 0 spiro atoms. The normalized spacial score (nSPS) is 10.4. The molecular formula is C18H21NO2. The lowest BCUT2D eigenvalue weighted by molar-refractivity contribution is -0.130. The third-order valence-electron chi connectivity index (χ3n) is 3.49. The standard InChI is InChI=1S/C18H21NO2/c1-14-4-3-5-15(12-14)8-11-18(21)19(2)13-16-6-9-17(20)10-7-16/h3-7,9-10,12,20H,8,11,13H2,1-2H3. The largest absolute Gasteiger partial charge is 0.508 e. The first-order valence-corrected chi connectivity index (χ1v) is 7.12. The van der Waals surface area contributed by atoms with Crippen LogP contribution >= 0.6 is 0 Å². The smallest absolute Gasteiger partial charge is 0.222 e. The van der Waals surface area contributed by atoms with Crippen LogP contribution in [0.2, 0.25) is 0 Å². The molecule has 3 nitrogen and oxygen atoms in total. The second kappa shape index (κ2) is 6.93. The Bertz CT molecular complexity index is 605. The number of aryl methyl sites for hydroxylation is 2. The number of rotatable bonds is 5. The lowest BCUT2D eigenvalue weighted by Gasteiger charge is -2.17. The van der Waals surface area contributed by atoms with Gasteiger partial charge < -0.3 is 10.0 Å². The molecule has 0 aliphatic heterocycles. The summed E-state index contributed by atoms with van der Waals surface area (Å²) < 4.78 is 0. The van der Waals surface area contributed by atoms with Gasteiger partial charge in [0.05, 0.1) is 0 Å². The quantitative estimate of drug-likeness (QED) is 0.914. The average Bonchev–Trinajstić information content (AvgIpc) is 2.47. The second-order valence-electron chi connectivity index (χ2n) is 5.41. The highest BCUT2D eigenvalue weighted by Crippen LogP contribution is 2.12. The molecule has 0 saturated carbocycles. The lowest BCUT2D eigenvalue weighted by Crippen LogP contribution is -2.26. The first kappa shape index (κ1) is 15.1. The Labute approximate surface area is 125 Å². The van der Waals surface area contributed by atoms with Gasteiger partial charge in [-0.05, 0) is 36.6 Å². The number of phenolic OH excluding ortho intramolecular Hbond substituents is 1. The fourth-order valence-corrected chi connectivity index (χ4v) is 2.27. The van der Waals surface area contributed by atoms with Crippen LogP contribution in [0.4, 0.5) is 0 Å². The molecule has 2 aromatic rings. The van der Waals surface area contributed by atoms with Crippen molar-refractivity contribution in [1.29, 1.82) is 0 Å². The van der Waals surface area contributed by atoms with E-state index in [2.05, 4.69) is 25.1 Å². The maximum absolute atomic E-state index is 12.1. The van der Waals surface area contributed by atoms with Crippen LogP contribution < -0.4 is 0 Å². The van der Waals surface area contributed by atoms with E-state index in [1.807, 2.05) is 25.2 Å². The van der Waals surface area contributed by atoms with E-state index in [1.165, 1.54) is 11.1 Å². The Kier molecular flexibility index (Phi) is 4.99. The average molecular weight is 283 g/mol. The van der Waals surface area contributed by atoms with Crippen LogP contribution in [0.1, 0.15) is 23.1 Å². The molecule has 0 unspecified atom stereocenters. The zero-order valence-corrected chi connectivity index (χ0v) is 12.5. The SMILES string of the molecule is Cc1cccc(CCC(=O)N(C)Cc2ccc(O)cc2)c1. The summed E-state index contributed by atoms with van der Waals surface area (Å²) in [6.45, 7) is 2.62. The molecule has 0 fully saturated rings. The van der Waals surface area contributed by atoms with Crippen molar-refractivity contribution in [2.45, 2.75) is 26.3 Å². The summed E-state index contributed by atoms with van der Waals surface area (Å²) in [4.78, 5) is 13.9. The molecule has 0 aliphatic carbocycles. The number of phenols is 1. The number of carbonyl (C=O) groups excluding carboxylic acids is 1. The van der Waals surface area contributed by atoms with Crippen LogP contribution in [0.3, 0.4) is 0 Å². The number of aromatic hydroxyl groups is 1. The molecule has 1 N–H and O–H groups in total. The highest BCUT2D eigenvalue weighted by molar-refractivity contribution is 5.76. The fourth-order valence-electron chi connectivity index (χ4n) is 2.27. The maximum atomic E-state index is 12.1. The number of hydrogen-bond donors (Lipinski definition) is 1. The summed E-state index contributed by atoms with van der Waals surface area (Å²) in [6.07, 6.45) is 1.28. The molecule has 3 heteroatoms. The lowest BCUT2D eigenvalue weighted by atomic mass is 10.1. The number of hydrogen-bond acceptors (Lipinski definition) is 2. The van der Waals surface area contributed by atoms with Gasteiger partial charge in [-0.2, -0.15) is 0 Å². The minimum atomic E-state index is 0.129. The highest BCUT2D eigenvalue weighted by atomic mass is 16.3. The minimum absolute atomic E-state index is 0.129. The Morgan fingerprint density at radius 2 is 1.81 bits per heavy atom. The third-order valence-corrected chi connectivity index (χ3v) is 3.49. The number of nitrogens with zero attached hydrogens (tertiary/aromatic N) is 1. The third kappa shape index (κ3) is 4.63. The van der Waals surface area contributed by atoms with Gasteiger partial charge in [0.25, 0.3) is 0 Å². The summed E-state index contributed by atoms with van der Waals surface area (Å²) in [5.74, 6) is 0.372. The predicted molar refractivity (Wildman–Crippen MR) is 84.1 cm³/mol. The molecular weight excluding hydrogens is 262 g/mol. The van der Waals surface area contributed by atoms with Crippen LogP contribution in [0, 0.1) is 6.92 Å². The maximum Gasteiger partial charge on any atom is 0.222 e. The predicted octanol–water partition coefficient (Wildman–Crippen LogP) is 3.29. The monoisotopic (exact) mass is 283 g/mol. The van der Waals surface area contributed by atoms with Gasteiger partial charge in [-0.3, -0.25) is 4.79 Å². The molecule has 2 aromatic carbocycles. The molecule has 110 valence electrons. The van der Waals surface area contributed by atoms with E-state index < -0.39 is 0 Å². The number of benzene rings is 2. The van der Waals surface area contributed by atoms with E-state index in [4.69, 9.17) is 0 Å². The van der Waals surface area contributed by atoms with Crippen molar-refractivity contribution in [1.82, 2.24) is 4.90 Å². The van der Waals surface area contributed by atoms with E-state index in [9.17, 15) is 9.90 Å². The Morgan fingerprint density at radius 1 is 1.10 bits per heavy atom. The Morgan fingerprint density at radius 3 is 2.48 bits per heavy atom. The molecule has 0 radical (unpaired) electrons. The minimum Gasteiger partial charge on any atom is -0.508 e. The summed E-state index contributed by atoms with van der Waals surface area (Å²) in [5.41, 5.74) is 3.43. The van der Waals surface area contributed by atoms with Crippen LogP contribution in [0.15, 0.2) is 48.5 Å². The summed E-state index contributed by atoms with van der Waals surface area (Å²) in [5, 5.41) is 9.25. The molecule has 1 amide bonds. The zero-order chi connectivity index (χ0) is 15.2. The van der Waals surface area contributed by atoms with E-state index in [1.54, 1.807) is 17.0 Å². The van der Waals surface area contributed by atoms with Crippen molar-refractivity contribution in [2.24, 2.45) is 0 Å².